The Hall–Kier alpha value is -1.60. The van der Waals surface area contributed by atoms with E-state index in [0.29, 0.717) is 12.2 Å². The lowest BCUT2D eigenvalue weighted by atomic mass is 10.3. The highest BCUT2D eigenvalue weighted by Crippen LogP contribution is 2.26. The first-order chi connectivity index (χ1) is 8.55. The molecule has 0 aliphatic carbocycles. The predicted molar refractivity (Wildman–Crippen MR) is 65.7 cm³/mol. The molecule has 1 aliphatic heterocycles. The Balaban J connectivity index is 2.39. The molecule has 0 atom stereocenters. The summed E-state index contributed by atoms with van der Waals surface area (Å²) in [5, 5.41) is 3.03. The zero-order valence-corrected chi connectivity index (χ0v) is 10.7. The summed E-state index contributed by atoms with van der Waals surface area (Å²) in [6, 6.07) is 6.64. The Morgan fingerprint density at radius 1 is 1.44 bits per heavy atom. The van der Waals surface area contributed by atoms with Crippen LogP contribution in [0.3, 0.4) is 0 Å². The smallest absolute Gasteiger partial charge is 0.321 e. The molecule has 0 bridgehead atoms. The number of nitrogens with zero attached hydrogens (tertiary/aromatic N) is 1. The van der Waals surface area contributed by atoms with Crippen LogP contribution >= 0.6 is 0 Å². The summed E-state index contributed by atoms with van der Waals surface area (Å²) in [4.78, 5) is 11.4. The van der Waals surface area contributed by atoms with Crippen molar-refractivity contribution in [3.05, 3.63) is 24.3 Å². The lowest BCUT2D eigenvalue weighted by molar-refractivity contribution is -0.140. The monoisotopic (exact) mass is 270 g/mol. The van der Waals surface area contributed by atoms with Crippen LogP contribution in [0.1, 0.15) is 0 Å². The van der Waals surface area contributed by atoms with E-state index in [9.17, 15) is 13.2 Å². The van der Waals surface area contributed by atoms with Crippen LogP contribution in [0.25, 0.3) is 0 Å². The van der Waals surface area contributed by atoms with Crippen LogP contribution in [-0.2, 0) is 19.6 Å². The number of ether oxygens (including phenoxy) is 1. The number of sulfonamides is 1. The van der Waals surface area contributed by atoms with Crippen molar-refractivity contribution in [2.24, 2.45) is 0 Å². The van der Waals surface area contributed by atoms with Crippen molar-refractivity contribution in [3.8, 4) is 0 Å². The van der Waals surface area contributed by atoms with E-state index < -0.39 is 16.0 Å². The van der Waals surface area contributed by atoms with E-state index in [-0.39, 0.29) is 18.0 Å². The average molecular weight is 270 g/mol. The molecule has 1 heterocycles. The number of carbonyl (C=O) groups excluding carboxylic acids is 1. The summed E-state index contributed by atoms with van der Waals surface area (Å²) in [6.07, 6.45) is 0. The third-order valence-corrected chi connectivity index (χ3v) is 4.62. The van der Waals surface area contributed by atoms with E-state index in [1.165, 1.54) is 13.2 Å². The first-order valence-corrected chi connectivity index (χ1v) is 6.89. The van der Waals surface area contributed by atoms with Gasteiger partial charge in [-0.15, -0.1) is 0 Å². The third-order valence-electron chi connectivity index (χ3n) is 2.71. The molecular weight excluding hydrogens is 256 g/mol. The number of carbonyl (C=O) groups is 1. The lowest BCUT2D eigenvalue weighted by Crippen LogP contribution is -2.37. The van der Waals surface area contributed by atoms with Crippen molar-refractivity contribution in [2.75, 3.05) is 32.1 Å². The Kier molecular flexibility index (Phi) is 3.53. The van der Waals surface area contributed by atoms with E-state index in [2.05, 4.69) is 10.1 Å². The minimum absolute atomic E-state index is 0.186. The van der Waals surface area contributed by atoms with Gasteiger partial charge in [0.25, 0.3) is 0 Å². The van der Waals surface area contributed by atoms with E-state index in [1.54, 1.807) is 18.2 Å². The van der Waals surface area contributed by atoms with Crippen molar-refractivity contribution in [1.29, 1.82) is 0 Å². The molecule has 2 rings (SSSR count). The minimum Gasteiger partial charge on any atom is -0.468 e. The van der Waals surface area contributed by atoms with Gasteiger partial charge in [0.2, 0.25) is 10.0 Å². The number of anilines is 1. The van der Waals surface area contributed by atoms with Crippen molar-refractivity contribution in [3.63, 3.8) is 0 Å². The first-order valence-electron chi connectivity index (χ1n) is 5.45. The molecule has 0 unspecified atom stereocenters. The number of hydrogen-bond donors (Lipinski definition) is 1. The van der Waals surface area contributed by atoms with Crippen LogP contribution < -0.4 is 5.32 Å². The van der Waals surface area contributed by atoms with E-state index in [4.69, 9.17) is 0 Å². The van der Waals surface area contributed by atoms with E-state index in [1.807, 2.05) is 0 Å². The topological polar surface area (TPSA) is 75.7 Å². The molecule has 0 saturated carbocycles. The number of methoxy groups -OCH3 is 1. The Bertz CT molecular complexity index is 556. The summed E-state index contributed by atoms with van der Waals surface area (Å²) in [6.45, 7) is 0.411. The van der Waals surface area contributed by atoms with Gasteiger partial charge in [0.05, 0.1) is 12.8 Å². The standard InChI is InChI=1S/C11H14N2O4S/c1-17-11(14)8-13-7-6-12-9-4-2-3-5-10(9)18(13,15)16/h2-5,12H,6-8H2,1H3. The summed E-state index contributed by atoms with van der Waals surface area (Å²) < 4.78 is 30.3. The van der Waals surface area contributed by atoms with Crippen LogP contribution in [0.15, 0.2) is 29.2 Å². The second-order valence-corrected chi connectivity index (χ2v) is 5.74. The van der Waals surface area contributed by atoms with Gasteiger partial charge >= 0.3 is 5.97 Å². The highest BCUT2D eigenvalue weighted by Gasteiger charge is 2.30. The average Bonchev–Trinajstić information content (AvgIpc) is 2.48. The SMILES string of the molecule is COC(=O)CN1CCNc2ccccc2S1(=O)=O. The normalized spacial score (nSPS) is 18.3. The Morgan fingerprint density at radius 3 is 2.89 bits per heavy atom. The molecule has 98 valence electrons. The highest BCUT2D eigenvalue weighted by molar-refractivity contribution is 7.89. The van der Waals surface area contributed by atoms with Gasteiger partial charge in [0.1, 0.15) is 11.4 Å². The van der Waals surface area contributed by atoms with E-state index >= 15 is 0 Å². The predicted octanol–water partition coefficient (Wildman–Crippen LogP) is 0.276. The summed E-state index contributed by atoms with van der Waals surface area (Å²) in [7, 11) is -2.42. The fraction of sp³-hybridized carbons (Fsp3) is 0.364. The fourth-order valence-corrected chi connectivity index (χ4v) is 3.34. The molecular formula is C11H14N2O4S. The molecule has 6 nitrogen and oxygen atoms in total. The molecule has 1 aliphatic rings. The molecule has 18 heavy (non-hydrogen) atoms. The highest BCUT2D eigenvalue weighted by atomic mass is 32.2. The summed E-state index contributed by atoms with van der Waals surface area (Å²) in [5.41, 5.74) is 0.560. The van der Waals surface area contributed by atoms with Gasteiger partial charge in [-0.25, -0.2) is 8.42 Å². The molecule has 0 saturated heterocycles. The maximum Gasteiger partial charge on any atom is 0.321 e. The van der Waals surface area contributed by atoms with Crippen LogP contribution in [0.5, 0.6) is 0 Å². The molecule has 0 fully saturated rings. The zero-order valence-electron chi connectivity index (χ0n) is 9.92. The van der Waals surface area contributed by atoms with Crippen molar-refractivity contribution >= 4 is 21.7 Å². The van der Waals surface area contributed by atoms with Crippen molar-refractivity contribution in [1.82, 2.24) is 4.31 Å². The Labute approximate surface area is 106 Å². The van der Waals surface area contributed by atoms with Gasteiger partial charge in [0, 0.05) is 13.1 Å². The van der Waals surface area contributed by atoms with Crippen LogP contribution in [0.2, 0.25) is 0 Å². The van der Waals surface area contributed by atoms with Crippen LogP contribution in [0, 0.1) is 0 Å². The van der Waals surface area contributed by atoms with Gasteiger partial charge in [-0.1, -0.05) is 12.1 Å². The number of esters is 1. The molecule has 0 amide bonds. The number of benzene rings is 1. The number of nitrogens with one attached hydrogen (secondary N) is 1. The number of para-hydroxylation sites is 1. The van der Waals surface area contributed by atoms with Gasteiger partial charge in [-0.3, -0.25) is 4.79 Å². The number of rotatable bonds is 2. The lowest BCUT2D eigenvalue weighted by Gasteiger charge is -2.18. The quantitative estimate of drug-likeness (QED) is 0.781. The largest absolute Gasteiger partial charge is 0.468 e. The molecule has 0 aromatic heterocycles. The molecule has 1 N–H and O–H groups in total. The molecule has 0 radical (unpaired) electrons. The second kappa shape index (κ2) is 4.95. The van der Waals surface area contributed by atoms with Crippen LogP contribution in [-0.4, -0.2) is 45.4 Å². The third kappa shape index (κ3) is 2.32. The Morgan fingerprint density at radius 2 is 2.17 bits per heavy atom. The molecule has 1 aromatic carbocycles. The van der Waals surface area contributed by atoms with Crippen molar-refractivity contribution in [2.45, 2.75) is 4.90 Å². The fourth-order valence-electron chi connectivity index (χ4n) is 1.78. The second-order valence-electron chi connectivity index (χ2n) is 3.84. The summed E-state index contributed by atoms with van der Waals surface area (Å²) in [5.74, 6) is -0.571. The maximum absolute atomic E-state index is 12.4. The molecule has 1 aromatic rings. The minimum atomic E-state index is -3.65. The molecule has 0 spiro atoms. The van der Waals surface area contributed by atoms with Crippen molar-refractivity contribution < 1.29 is 17.9 Å². The van der Waals surface area contributed by atoms with Gasteiger partial charge in [-0.2, -0.15) is 4.31 Å². The van der Waals surface area contributed by atoms with Crippen LogP contribution in [0.4, 0.5) is 5.69 Å². The maximum atomic E-state index is 12.4. The summed E-state index contributed by atoms with van der Waals surface area (Å²) >= 11 is 0. The first kappa shape index (κ1) is 12.8. The number of hydrogen-bond acceptors (Lipinski definition) is 5. The molecule has 7 heteroatoms. The number of fused-ring (bicyclic) bond motifs is 1. The zero-order chi connectivity index (χ0) is 13.2. The van der Waals surface area contributed by atoms with Gasteiger partial charge < -0.3 is 10.1 Å². The van der Waals surface area contributed by atoms with Gasteiger partial charge in [0.15, 0.2) is 0 Å². The van der Waals surface area contributed by atoms with Gasteiger partial charge in [-0.05, 0) is 12.1 Å². The van der Waals surface area contributed by atoms with E-state index in [0.717, 1.165) is 4.31 Å².